The van der Waals surface area contributed by atoms with E-state index in [1.165, 1.54) is 5.37 Å². The molecule has 0 unspecified atom stereocenters. The van der Waals surface area contributed by atoms with Gasteiger partial charge in [0, 0.05) is 5.92 Å². The van der Waals surface area contributed by atoms with Crippen LogP contribution in [0.15, 0.2) is 0 Å². The Morgan fingerprint density at radius 2 is 2.11 bits per heavy atom. The Morgan fingerprint density at radius 3 is 2.50 bits per heavy atom. The fraction of sp³-hybridized carbons (Fsp3) is 0.750. The molecule has 6 heteroatoms. The highest BCUT2D eigenvalue weighted by molar-refractivity contribution is 7.79. The van der Waals surface area contributed by atoms with Gasteiger partial charge < -0.3 is 14.8 Å². The number of hydrogen-bond donors (Lipinski definition) is 1. The van der Waals surface area contributed by atoms with Gasteiger partial charge in [-0.3, -0.25) is 0 Å². The van der Waals surface area contributed by atoms with E-state index in [4.69, 9.17) is 21.7 Å². The summed E-state index contributed by atoms with van der Waals surface area (Å²) in [6.45, 7) is 7.25. The van der Waals surface area contributed by atoms with E-state index in [1.54, 1.807) is 27.7 Å². The highest BCUT2D eigenvalue weighted by Crippen LogP contribution is 2.43. The molecule has 0 radical (unpaired) electrons. The third kappa shape index (κ3) is 3.41. The van der Waals surface area contributed by atoms with Gasteiger partial charge in [0.2, 0.25) is 0 Å². The van der Waals surface area contributed by atoms with Crippen molar-refractivity contribution in [2.24, 2.45) is 5.92 Å². The minimum Gasteiger partial charge on any atom is -0.464 e. The number of nitrogens with one attached hydrogen (secondary N) is 1. The number of amides is 1. The maximum absolute atomic E-state index is 11.8. The van der Waals surface area contributed by atoms with Gasteiger partial charge in [-0.2, -0.15) is 0 Å². The molecule has 1 aliphatic rings. The Kier molecular flexibility index (Phi) is 4.32. The molecule has 0 aromatic rings. The molecule has 0 bridgehead atoms. The molecule has 0 heterocycles. The Balaban J connectivity index is 2.68. The number of carbonyl (C=O) groups excluding carboxylic acids is 2. The summed E-state index contributed by atoms with van der Waals surface area (Å²) in [5.74, 6) is -0.624. The van der Waals surface area contributed by atoms with E-state index in [0.717, 1.165) is 0 Å². The van der Waals surface area contributed by atoms with Gasteiger partial charge in [0.05, 0.1) is 6.61 Å². The lowest BCUT2D eigenvalue weighted by molar-refractivity contribution is -0.147. The summed E-state index contributed by atoms with van der Waals surface area (Å²) < 4.78 is 10.1. The molecule has 18 heavy (non-hydrogen) atoms. The molecule has 0 aromatic carbocycles. The summed E-state index contributed by atoms with van der Waals surface area (Å²) in [4.78, 5) is 23.5. The van der Waals surface area contributed by atoms with Crippen molar-refractivity contribution in [1.82, 2.24) is 5.32 Å². The molecule has 0 aromatic heterocycles. The molecule has 1 aliphatic carbocycles. The molecule has 0 aliphatic heterocycles. The van der Waals surface area contributed by atoms with Gasteiger partial charge in [-0.1, -0.05) is 12.2 Å². The average Bonchev–Trinajstić information content (AvgIpc) is 2.90. The third-order valence-corrected chi connectivity index (χ3v) is 2.87. The van der Waals surface area contributed by atoms with Crippen LogP contribution in [0.3, 0.4) is 0 Å². The number of hydrogen-bond acceptors (Lipinski definition) is 5. The predicted octanol–water partition coefficient (Wildman–Crippen LogP) is 1.83. The first-order valence-electron chi connectivity index (χ1n) is 5.89. The van der Waals surface area contributed by atoms with Crippen LogP contribution in [-0.4, -0.2) is 35.2 Å². The van der Waals surface area contributed by atoms with E-state index < -0.39 is 23.2 Å². The lowest BCUT2D eigenvalue weighted by Gasteiger charge is -2.23. The van der Waals surface area contributed by atoms with E-state index in [2.05, 4.69) is 5.32 Å². The molecule has 1 rings (SSSR count). The Morgan fingerprint density at radius 1 is 1.50 bits per heavy atom. The fourth-order valence-corrected chi connectivity index (χ4v) is 1.96. The zero-order valence-corrected chi connectivity index (χ0v) is 11.9. The van der Waals surface area contributed by atoms with Gasteiger partial charge in [0.25, 0.3) is 0 Å². The number of rotatable bonds is 4. The van der Waals surface area contributed by atoms with Crippen LogP contribution in [0.5, 0.6) is 0 Å². The van der Waals surface area contributed by atoms with Crippen molar-refractivity contribution in [2.75, 3.05) is 6.61 Å². The molecule has 1 N–H and O–H groups in total. The largest absolute Gasteiger partial charge is 0.464 e. The smallest absolute Gasteiger partial charge is 0.408 e. The summed E-state index contributed by atoms with van der Waals surface area (Å²) in [5.41, 5.74) is -1.64. The summed E-state index contributed by atoms with van der Waals surface area (Å²) >= 11 is 4.83. The lowest BCUT2D eigenvalue weighted by atomic mass is 10.2. The standard InChI is InChI=1S/C12H19NO4S/c1-5-16-9(14)12(6-8(12)7-18)13-10(15)17-11(2,3)4/h7-8H,5-6H2,1-4H3,(H,13,15)/t8-,12+/m0/s1. The molecule has 1 saturated carbocycles. The van der Waals surface area contributed by atoms with Crippen molar-refractivity contribution < 1.29 is 19.1 Å². The molecule has 0 spiro atoms. The second-order valence-electron chi connectivity index (χ2n) is 5.27. The van der Waals surface area contributed by atoms with Gasteiger partial charge in [-0.15, -0.1) is 0 Å². The van der Waals surface area contributed by atoms with Crippen molar-refractivity contribution in [3.05, 3.63) is 0 Å². The lowest BCUT2D eigenvalue weighted by Crippen LogP contribution is -2.48. The number of ether oxygens (including phenoxy) is 2. The van der Waals surface area contributed by atoms with Crippen LogP contribution in [0.1, 0.15) is 34.1 Å². The van der Waals surface area contributed by atoms with Crippen LogP contribution < -0.4 is 5.32 Å². The van der Waals surface area contributed by atoms with Crippen molar-refractivity contribution >= 4 is 29.6 Å². The van der Waals surface area contributed by atoms with E-state index in [9.17, 15) is 9.59 Å². The van der Waals surface area contributed by atoms with Crippen molar-refractivity contribution in [3.8, 4) is 0 Å². The van der Waals surface area contributed by atoms with E-state index in [1.807, 2.05) is 0 Å². The van der Waals surface area contributed by atoms with Crippen molar-refractivity contribution in [2.45, 2.75) is 45.3 Å². The average molecular weight is 273 g/mol. The van der Waals surface area contributed by atoms with Gasteiger partial charge in [0.1, 0.15) is 11.1 Å². The summed E-state index contributed by atoms with van der Waals surface area (Å²) in [6, 6.07) is 0. The van der Waals surface area contributed by atoms with Crippen molar-refractivity contribution in [3.63, 3.8) is 0 Å². The first kappa shape index (κ1) is 14.9. The second-order valence-corrected chi connectivity index (χ2v) is 5.54. The number of carbonyl (C=O) groups is 2. The molecule has 1 amide bonds. The first-order valence-corrected chi connectivity index (χ1v) is 6.36. The summed E-state index contributed by atoms with van der Waals surface area (Å²) in [7, 11) is 0. The van der Waals surface area contributed by atoms with Crippen LogP contribution >= 0.6 is 12.2 Å². The normalized spacial score (nSPS) is 26.1. The minimum atomic E-state index is -1.03. The number of esters is 1. The van der Waals surface area contributed by atoms with E-state index in [-0.39, 0.29) is 12.5 Å². The summed E-state index contributed by atoms with van der Waals surface area (Å²) in [6.07, 6.45) is -0.163. The van der Waals surface area contributed by atoms with Crippen LogP contribution in [0, 0.1) is 5.92 Å². The van der Waals surface area contributed by atoms with E-state index >= 15 is 0 Å². The molecular formula is C12H19NO4S. The van der Waals surface area contributed by atoms with Gasteiger partial charge >= 0.3 is 12.1 Å². The SMILES string of the molecule is CCOC(=O)[C@@]1(NC(=O)OC(C)(C)C)C[C@H]1C=S. The molecular weight excluding hydrogens is 254 g/mol. The van der Waals surface area contributed by atoms with Gasteiger partial charge in [-0.25, -0.2) is 9.59 Å². The zero-order valence-electron chi connectivity index (χ0n) is 11.1. The van der Waals surface area contributed by atoms with Crippen LogP contribution in [0.4, 0.5) is 4.79 Å². The Labute approximate surface area is 112 Å². The first-order chi connectivity index (χ1) is 8.25. The molecule has 5 nitrogen and oxygen atoms in total. The third-order valence-electron chi connectivity index (χ3n) is 2.54. The fourth-order valence-electron chi connectivity index (χ4n) is 1.63. The quantitative estimate of drug-likeness (QED) is 0.625. The van der Waals surface area contributed by atoms with Gasteiger partial charge in [0.15, 0.2) is 0 Å². The Hall–Kier alpha value is -1.17. The maximum Gasteiger partial charge on any atom is 0.408 e. The number of thiocarbonyl (C=S) groups is 1. The predicted molar refractivity (Wildman–Crippen MR) is 70.5 cm³/mol. The molecule has 2 atom stereocenters. The van der Waals surface area contributed by atoms with Crippen LogP contribution in [0.2, 0.25) is 0 Å². The van der Waals surface area contributed by atoms with Crippen LogP contribution in [-0.2, 0) is 14.3 Å². The molecule has 1 fully saturated rings. The monoisotopic (exact) mass is 273 g/mol. The van der Waals surface area contributed by atoms with Gasteiger partial charge in [-0.05, 0) is 39.5 Å². The zero-order chi connectivity index (χ0) is 14.0. The topological polar surface area (TPSA) is 64.6 Å². The van der Waals surface area contributed by atoms with E-state index in [0.29, 0.717) is 6.42 Å². The Bertz CT molecular complexity index is 364. The molecule has 0 saturated heterocycles. The van der Waals surface area contributed by atoms with Crippen LogP contribution in [0.25, 0.3) is 0 Å². The molecule has 102 valence electrons. The number of alkyl carbamates (subject to hydrolysis) is 1. The highest BCUT2D eigenvalue weighted by atomic mass is 32.1. The second kappa shape index (κ2) is 5.22. The minimum absolute atomic E-state index is 0.168. The summed E-state index contributed by atoms with van der Waals surface area (Å²) in [5, 5.41) is 4.06. The highest BCUT2D eigenvalue weighted by Gasteiger charge is 2.62. The maximum atomic E-state index is 11.8. The van der Waals surface area contributed by atoms with Crippen molar-refractivity contribution in [1.29, 1.82) is 0 Å².